The molecular formula is C17H29N5. The minimum atomic E-state index is 0.417. The first-order valence-corrected chi connectivity index (χ1v) is 8.13. The van der Waals surface area contributed by atoms with E-state index in [1.807, 2.05) is 6.92 Å². The van der Waals surface area contributed by atoms with E-state index in [1.165, 1.54) is 17.0 Å². The molecule has 22 heavy (non-hydrogen) atoms. The van der Waals surface area contributed by atoms with Gasteiger partial charge in [-0.2, -0.15) is 10.2 Å². The zero-order chi connectivity index (χ0) is 16.3. The van der Waals surface area contributed by atoms with Crippen LogP contribution in [0.25, 0.3) is 0 Å². The summed E-state index contributed by atoms with van der Waals surface area (Å²) < 4.78 is 4.20. The summed E-state index contributed by atoms with van der Waals surface area (Å²) in [6, 6.07) is 2.54. The van der Waals surface area contributed by atoms with E-state index in [2.05, 4.69) is 65.6 Å². The van der Waals surface area contributed by atoms with Crippen LogP contribution >= 0.6 is 0 Å². The normalized spacial score (nSPS) is 12.8. The number of hydrogen-bond donors (Lipinski definition) is 1. The highest BCUT2D eigenvalue weighted by Crippen LogP contribution is 2.11. The molecule has 0 radical (unpaired) electrons. The highest BCUT2D eigenvalue weighted by Gasteiger charge is 2.08. The lowest BCUT2D eigenvalue weighted by Crippen LogP contribution is -2.32. The van der Waals surface area contributed by atoms with E-state index in [9.17, 15) is 0 Å². The summed E-state index contributed by atoms with van der Waals surface area (Å²) in [4.78, 5) is 0. The molecule has 0 spiro atoms. The maximum atomic E-state index is 4.58. The minimum Gasteiger partial charge on any atom is -0.312 e. The van der Waals surface area contributed by atoms with E-state index in [0.717, 1.165) is 37.4 Å². The average molecular weight is 303 g/mol. The summed E-state index contributed by atoms with van der Waals surface area (Å²) in [6.45, 7) is 15.6. The van der Waals surface area contributed by atoms with Gasteiger partial charge in [0.2, 0.25) is 0 Å². The summed E-state index contributed by atoms with van der Waals surface area (Å²) in [5.41, 5.74) is 6.05. The third kappa shape index (κ3) is 3.97. The molecule has 2 aromatic heterocycles. The van der Waals surface area contributed by atoms with Crippen molar-refractivity contribution >= 4 is 0 Å². The van der Waals surface area contributed by atoms with Crippen molar-refractivity contribution in [3.05, 3.63) is 34.4 Å². The van der Waals surface area contributed by atoms with Crippen molar-refractivity contribution in [3.8, 4) is 0 Å². The van der Waals surface area contributed by atoms with Gasteiger partial charge in [-0.05, 0) is 66.1 Å². The Hall–Kier alpha value is -1.62. The third-order valence-corrected chi connectivity index (χ3v) is 4.33. The van der Waals surface area contributed by atoms with Crippen molar-refractivity contribution in [2.75, 3.05) is 6.54 Å². The maximum Gasteiger partial charge on any atom is 0.0625 e. The van der Waals surface area contributed by atoms with E-state index < -0.39 is 0 Å². The number of nitrogens with one attached hydrogen (secondary N) is 1. The molecule has 0 bridgehead atoms. The van der Waals surface area contributed by atoms with Crippen molar-refractivity contribution in [1.82, 2.24) is 24.9 Å². The Kier molecular flexibility index (Phi) is 5.40. The van der Waals surface area contributed by atoms with Crippen LogP contribution in [0.1, 0.15) is 41.7 Å². The lowest BCUT2D eigenvalue weighted by Gasteiger charge is -2.15. The molecule has 5 heteroatoms. The first-order chi connectivity index (χ1) is 10.4. The first kappa shape index (κ1) is 16.7. The van der Waals surface area contributed by atoms with E-state index in [4.69, 9.17) is 0 Å². The SMILES string of the molecule is Cc1cc(C)n(C[C@H](C)NCCCn2nc(C)c(C)c2C)n1. The molecule has 2 rings (SSSR count). The smallest absolute Gasteiger partial charge is 0.0625 e. The van der Waals surface area contributed by atoms with Crippen LogP contribution in [0, 0.1) is 34.6 Å². The largest absolute Gasteiger partial charge is 0.312 e. The molecule has 122 valence electrons. The molecule has 0 amide bonds. The third-order valence-electron chi connectivity index (χ3n) is 4.33. The van der Waals surface area contributed by atoms with Gasteiger partial charge in [0.25, 0.3) is 0 Å². The van der Waals surface area contributed by atoms with Gasteiger partial charge in [-0.1, -0.05) is 0 Å². The number of hydrogen-bond acceptors (Lipinski definition) is 3. The summed E-state index contributed by atoms with van der Waals surface area (Å²) in [5, 5.41) is 12.7. The average Bonchev–Trinajstić information content (AvgIpc) is 2.89. The standard InChI is InChI=1S/C17H29N5/c1-12-10-14(3)22(19-12)11-13(2)18-8-7-9-21-17(6)15(4)16(5)20-21/h10,13,18H,7-9,11H2,1-6H3/t13-/m0/s1. The monoisotopic (exact) mass is 303 g/mol. The Morgan fingerprint density at radius 1 is 1.09 bits per heavy atom. The fourth-order valence-electron chi connectivity index (χ4n) is 2.77. The van der Waals surface area contributed by atoms with Crippen LogP contribution in [0.3, 0.4) is 0 Å². The van der Waals surface area contributed by atoms with Crippen molar-refractivity contribution in [1.29, 1.82) is 0 Å². The maximum absolute atomic E-state index is 4.58. The van der Waals surface area contributed by atoms with Gasteiger partial charge < -0.3 is 5.32 Å². The second-order valence-electron chi connectivity index (χ2n) is 6.34. The van der Waals surface area contributed by atoms with Crippen molar-refractivity contribution in [2.45, 2.75) is 67.1 Å². The zero-order valence-corrected chi connectivity index (χ0v) is 14.8. The fraction of sp³-hybridized carbons (Fsp3) is 0.647. The van der Waals surface area contributed by atoms with Crippen molar-refractivity contribution in [3.63, 3.8) is 0 Å². The van der Waals surface area contributed by atoms with E-state index >= 15 is 0 Å². The van der Waals surface area contributed by atoms with E-state index in [1.54, 1.807) is 0 Å². The molecule has 5 nitrogen and oxygen atoms in total. The lowest BCUT2D eigenvalue weighted by atomic mass is 10.2. The second kappa shape index (κ2) is 7.09. The van der Waals surface area contributed by atoms with E-state index in [-0.39, 0.29) is 0 Å². The molecule has 0 fully saturated rings. The lowest BCUT2D eigenvalue weighted by molar-refractivity contribution is 0.429. The topological polar surface area (TPSA) is 47.7 Å². The summed E-state index contributed by atoms with van der Waals surface area (Å²) >= 11 is 0. The van der Waals surface area contributed by atoms with Gasteiger partial charge in [-0.15, -0.1) is 0 Å². The molecule has 0 aliphatic carbocycles. The van der Waals surface area contributed by atoms with Crippen LogP contribution in [0.2, 0.25) is 0 Å². The van der Waals surface area contributed by atoms with Crippen molar-refractivity contribution < 1.29 is 0 Å². The fourth-order valence-corrected chi connectivity index (χ4v) is 2.77. The van der Waals surface area contributed by atoms with Gasteiger partial charge >= 0.3 is 0 Å². The van der Waals surface area contributed by atoms with Gasteiger partial charge in [0.05, 0.1) is 17.9 Å². The zero-order valence-electron chi connectivity index (χ0n) is 14.8. The van der Waals surface area contributed by atoms with Gasteiger partial charge in [-0.3, -0.25) is 9.36 Å². The predicted octanol–water partition coefficient (Wildman–Crippen LogP) is 2.69. The Morgan fingerprint density at radius 2 is 1.82 bits per heavy atom. The molecule has 0 aliphatic rings. The number of aromatic nitrogens is 4. The molecule has 0 saturated carbocycles. The molecule has 0 aliphatic heterocycles. The molecule has 0 saturated heterocycles. The molecule has 0 unspecified atom stereocenters. The van der Waals surface area contributed by atoms with Crippen LogP contribution in [0.5, 0.6) is 0 Å². The van der Waals surface area contributed by atoms with E-state index in [0.29, 0.717) is 6.04 Å². The molecule has 1 N–H and O–H groups in total. The molecule has 1 atom stereocenters. The molecule has 2 aromatic rings. The van der Waals surface area contributed by atoms with Crippen LogP contribution in [0.4, 0.5) is 0 Å². The summed E-state index contributed by atoms with van der Waals surface area (Å²) in [5.74, 6) is 0. The van der Waals surface area contributed by atoms with Gasteiger partial charge in [0.15, 0.2) is 0 Å². The first-order valence-electron chi connectivity index (χ1n) is 8.13. The summed E-state index contributed by atoms with van der Waals surface area (Å²) in [7, 11) is 0. The highest BCUT2D eigenvalue weighted by atomic mass is 15.3. The molecule has 2 heterocycles. The predicted molar refractivity (Wildman–Crippen MR) is 90.2 cm³/mol. The summed E-state index contributed by atoms with van der Waals surface area (Å²) in [6.07, 6.45) is 1.09. The van der Waals surface area contributed by atoms with Crippen molar-refractivity contribution in [2.24, 2.45) is 0 Å². The number of aryl methyl sites for hydroxylation is 4. The quantitative estimate of drug-likeness (QED) is 0.800. The number of nitrogens with zero attached hydrogens (tertiary/aromatic N) is 4. The van der Waals surface area contributed by atoms with Gasteiger partial charge in [-0.25, -0.2) is 0 Å². The second-order valence-corrected chi connectivity index (χ2v) is 6.34. The van der Waals surface area contributed by atoms with Gasteiger partial charge in [0.1, 0.15) is 0 Å². The van der Waals surface area contributed by atoms with Crippen LogP contribution < -0.4 is 5.32 Å². The Morgan fingerprint density at radius 3 is 2.36 bits per heavy atom. The number of rotatable bonds is 7. The highest BCUT2D eigenvalue weighted by molar-refractivity contribution is 5.22. The van der Waals surface area contributed by atoms with Crippen LogP contribution in [0.15, 0.2) is 6.07 Å². The van der Waals surface area contributed by atoms with Crippen LogP contribution in [-0.4, -0.2) is 32.1 Å². The Labute approximate surface area is 133 Å². The Balaban J connectivity index is 1.74. The Bertz CT molecular complexity index is 623. The minimum absolute atomic E-state index is 0.417. The molecule has 0 aromatic carbocycles. The van der Waals surface area contributed by atoms with Crippen LogP contribution in [-0.2, 0) is 13.1 Å². The van der Waals surface area contributed by atoms with Gasteiger partial charge in [0, 0.05) is 24.0 Å². The molecular weight excluding hydrogens is 274 g/mol.